The Kier molecular flexibility index (Phi) is 3.63. The topological polar surface area (TPSA) is 69.8 Å². The number of H-pyrrole nitrogens is 1. The number of aromatic nitrogens is 2. The normalized spacial score (nSPS) is 20.4. The highest BCUT2D eigenvalue weighted by molar-refractivity contribution is 7.99. The summed E-state index contributed by atoms with van der Waals surface area (Å²) in [5.41, 5.74) is 0. The summed E-state index contributed by atoms with van der Waals surface area (Å²) in [6.07, 6.45) is 4.25. The average Bonchev–Trinajstić information content (AvgIpc) is 2.90. The quantitative estimate of drug-likeness (QED) is 0.661. The van der Waals surface area contributed by atoms with E-state index >= 15 is 0 Å². The summed E-state index contributed by atoms with van der Waals surface area (Å²) in [6.45, 7) is 0.634. The zero-order chi connectivity index (χ0) is 10.5. The second kappa shape index (κ2) is 5.18. The number of carbonyl (C=O) groups is 1. The van der Waals surface area contributed by atoms with Crippen molar-refractivity contribution < 1.29 is 4.79 Å². The standard InChI is InChI=1S/C9H14N4OS/c14-9(7-5-15-6-13-7)12-2-1-8-10-3-4-11-8/h3-4,7,13H,1-2,5-6H2,(H,10,11)(H,12,14). The smallest absolute Gasteiger partial charge is 0.238 e. The van der Waals surface area contributed by atoms with E-state index in [-0.39, 0.29) is 11.9 Å². The van der Waals surface area contributed by atoms with Gasteiger partial charge in [-0.2, -0.15) is 0 Å². The van der Waals surface area contributed by atoms with Crippen LogP contribution in [0.5, 0.6) is 0 Å². The van der Waals surface area contributed by atoms with Gasteiger partial charge in [0.1, 0.15) is 5.82 Å². The molecule has 1 saturated heterocycles. The van der Waals surface area contributed by atoms with Gasteiger partial charge < -0.3 is 10.3 Å². The number of aromatic amines is 1. The maximum Gasteiger partial charge on any atom is 0.238 e. The van der Waals surface area contributed by atoms with Gasteiger partial charge >= 0.3 is 0 Å². The summed E-state index contributed by atoms with van der Waals surface area (Å²) < 4.78 is 0. The summed E-state index contributed by atoms with van der Waals surface area (Å²) in [5, 5.41) is 6.02. The van der Waals surface area contributed by atoms with Crippen molar-refractivity contribution in [3.63, 3.8) is 0 Å². The molecule has 3 N–H and O–H groups in total. The number of hydrogen-bond donors (Lipinski definition) is 3. The molecule has 82 valence electrons. The first-order valence-corrected chi connectivity index (χ1v) is 6.09. The Labute approximate surface area is 92.4 Å². The molecule has 0 bridgehead atoms. The lowest BCUT2D eigenvalue weighted by Gasteiger charge is -2.09. The van der Waals surface area contributed by atoms with Gasteiger partial charge in [-0.25, -0.2) is 4.98 Å². The summed E-state index contributed by atoms with van der Waals surface area (Å²) in [6, 6.07) is -0.0217. The fourth-order valence-electron chi connectivity index (χ4n) is 1.43. The Bertz CT molecular complexity index is 308. The van der Waals surface area contributed by atoms with Crippen LogP contribution in [0.25, 0.3) is 0 Å². The first-order valence-electron chi connectivity index (χ1n) is 4.93. The van der Waals surface area contributed by atoms with E-state index in [1.807, 2.05) is 0 Å². The monoisotopic (exact) mass is 226 g/mol. The van der Waals surface area contributed by atoms with E-state index in [2.05, 4.69) is 20.6 Å². The number of carbonyl (C=O) groups excluding carboxylic acids is 1. The summed E-state index contributed by atoms with van der Waals surface area (Å²) in [5.74, 6) is 2.73. The van der Waals surface area contributed by atoms with Gasteiger partial charge in [0, 0.05) is 37.0 Å². The van der Waals surface area contributed by atoms with Crippen LogP contribution in [-0.4, -0.2) is 40.1 Å². The molecule has 0 aromatic carbocycles. The van der Waals surface area contributed by atoms with E-state index in [1.165, 1.54) is 0 Å². The Morgan fingerprint density at radius 3 is 3.33 bits per heavy atom. The third kappa shape index (κ3) is 2.97. The van der Waals surface area contributed by atoms with Crippen molar-refractivity contribution in [2.24, 2.45) is 0 Å². The van der Waals surface area contributed by atoms with Crippen molar-refractivity contribution in [1.29, 1.82) is 0 Å². The van der Waals surface area contributed by atoms with Crippen LogP contribution in [0.15, 0.2) is 12.4 Å². The van der Waals surface area contributed by atoms with E-state index in [9.17, 15) is 4.79 Å². The van der Waals surface area contributed by atoms with Gasteiger partial charge in [0.25, 0.3) is 0 Å². The number of nitrogens with zero attached hydrogens (tertiary/aromatic N) is 1. The third-order valence-electron chi connectivity index (χ3n) is 2.25. The largest absolute Gasteiger partial charge is 0.354 e. The van der Waals surface area contributed by atoms with Gasteiger partial charge in [0.2, 0.25) is 5.91 Å². The van der Waals surface area contributed by atoms with Gasteiger partial charge in [-0.3, -0.25) is 10.1 Å². The molecule has 1 aliphatic rings. The molecular weight excluding hydrogens is 212 g/mol. The SMILES string of the molecule is O=C(NCCc1ncc[nH]1)C1CSCN1. The van der Waals surface area contributed by atoms with Gasteiger partial charge in [-0.05, 0) is 0 Å². The fourth-order valence-corrected chi connectivity index (χ4v) is 2.37. The lowest BCUT2D eigenvalue weighted by Crippen LogP contribution is -2.42. The molecule has 5 nitrogen and oxygen atoms in total. The van der Waals surface area contributed by atoms with Crippen LogP contribution in [0.3, 0.4) is 0 Å². The zero-order valence-corrected chi connectivity index (χ0v) is 9.14. The van der Waals surface area contributed by atoms with Crippen molar-refractivity contribution >= 4 is 17.7 Å². The van der Waals surface area contributed by atoms with E-state index in [0.29, 0.717) is 6.54 Å². The number of rotatable bonds is 4. The van der Waals surface area contributed by atoms with Crippen molar-refractivity contribution in [2.45, 2.75) is 12.5 Å². The summed E-state index contributed by atoms with van der Waals surface area (Å²) in [4.78, 5) is 18.6. The summed E-state index contributed by atoms with van der Waals surface area (Å²) >= 11 is 1.75. The maximum absolute atomic E-state index is 11.6. The second-order valence-electron chi connectivity index (χ2n) is 3.35. The Hall–Kier alpha value is -1.01. The van der Waals surface area contributed by atoms with Gasteiger partial charge in [0.15, 0.2) is 0 Å². The molecule has 2 rings (SSSR count). The van der Waals surface area contributed by atoms with Crippen LogP contribution < -0.4 is 10.6 Å². The molecule has 1 aromatic heterocycles. The number of imidazole rings is 1. The van der Waals surface area contributed by atoms with Gasteiger partial charge in [-0.15, -0.1) is 11.8 Å². The molecule has 2 heterocycles. The minimum atomic E-state index is -0.0217. The van der Waals surface area contributed by atoms with Crippen molar-refractivity contribution in [1.82, 2.24) is 20.6 Å². The van der Waals surface area contributed by atoms with Gasteiger partial charge in [-0.1, -0.05) is 0 Å². The first-order chi connectivity index (χ1) is 7.36. The Balaban J connectivity index is 1.67. The molecule has 0 saturated carbocycles. The van der Waals surface area contributed by atoms with Crippen LogP contribution in [0.1, 0.15) is 5.82 Å². The zero-order valence-electron chi connectivity index (χ0n) is 8.32. The van der Waals surface area contributed by atoms with E-state index in [0.717, 1.165) is 23.9 Å². The van der Waals surface area contributed by atoms with Crippen LogP contribution in [0.2, 0.25) is 0 Å². The number of nitrogens with one attached hydrogen (secondary N) is 3. The molecule has 6 heteroatoms. The predicted octanol–water partition coefficient (Wildman–Crippen LogP) is -0.269. The lowest BCUT2D eigenvalue weighted by atomic mass is 10.3. The molecule has 1 aromatic rings. The molecule has 0 radical (unpaired) electrons. The first kappa shape index (κ1) is 10.5. The van der Waals surface area contributed by atoms with Crippen molar-refractivity contribution in [3.8, 4) is 0 Å². The maximum atomic E-state index is 11.6. The molecule has 0 aliphatic carbocycles. The fraction of sp³-hybridized carbons (Fsp3) is 0.556. The molecule has 0 spiro atoms. The van der Waals surface area contributed by atoms with Crippen molar-refractivity contribution in [3.05, 3.63) is 18.2 Å². The number of thioether (sulfide) groups is 1. The van der Waals surface area contributed by atoms with E-state index in [1.54, 1.807) is 24.2 Å². The van der Waals surface area contributed by atoms with Crippen molar-refractivity contribution in [2.75, 3.05) is 18.2 Å². The molecule has 1 atom stereocenters. The number of amides is 1. The Morgan fingerprint density at radius 1 is 1.73 bits per heavy atom. The number of hydrogen-bond acceptors (Lipinski definition) is 4. The molecule has 1 amide bonds. The molecule has 1 aliphatic heterocycles. The van der Waals surface area contributed by atoms with E-state index < -0.39 is 0 Å². The van der Waals surface area contributed by atoms with Crippen LogP contribution in [-0.2, 0) is 11.2 Å². The molecule has 1 unspecified atom stereocenters. The average molecular weight is 226 g/mol. The highest BCUT2D eigenvalue weighted by Crippen LogP contribution is 2.08. The predicted molar refractivity (Wildman–Crippen MR) is 59.6 cm³/mol. The summed E-state index contributed by atoms with van der Waals surface area (Å²) in [7, 11) is 0. The highest BCUT2D eigenvalue weighted by atomic mass is 32.2. The molecule has 15 heavy (non-hydrogen) atoms. The van der Waals surface area contributed by atoms with Crippen LogP contribution in [0.4, 0.5) is 0 Å². The molecular formula is C9H14N4OS. The highest BCUT2D eigenvalue weighted by Gasteiger charge is 2.21. The van der Waals surface area contributed by atoms with E-state index in [4.69, 9.17) is 0 Å². The van der Waals surface area contributed by atoms with Gasteiger partial charge in [0.05, 0.1) is 6.04 Å². The lowest BCUT2D eigenvalue weighted by molar-refractivity contribution is -0.122. The van der Waals surface area contributed by atoms with Crippen LogP contribution >= 0.6 is 11.8 Å². The molecule has 1 fully saturated rings. The third-order valence-corrected chi connectivity index (χ3v) is 3.19. The Morgan fingerprint density at radius 2 is 2.67 bits per heavy atom. The second-order valence-corrected chi connectivity index (χ2v) is 4.38. The van der Waals surface area contributed by atoms with Crippen LogP contribution in [0, 0.1) is 0 Å². The minimum Gasteiger partial charge on any atom is -0.354 e. The minimum absolute atomic E-state index is 0.0217.